The molecular formula is C24H28O6. The number of methoxy groups -OCH3 is 1. The molecule has 1 aromatic rings. The van der Waals surface area contributed by atoms with Crippen LogP contribution < -0.4 is 0 Å². The Kier molecular flexibility index (Phi) is 5.90. The summed E-state index contributed by atoms with van der Waals surface area (Å²) in [5, 5.41) is 21.8. The summed E-state index contributed by atoms with van der Waals surface area (Å²) in [6, 6.07) is 1.77. The second-order valence-electron chi connectivity index (χ2n) is 8.07. The maximum Gasteiger partial charge on any atom is 0.206 e. The van der Waals surface area contributed by atoms with E-state index in [1.807, 2.05) is 13.0 Å². The van der Waals surface area contributed by atoms with Crippen molar-refractivity contribution in [2.75, 3.05) is 7.11 Å². The molecule has 2 aliphatic rings. The third-order valence-corrected chi connectivity index (χ3v) is 5.72. The highest BCUT2D eigenvalue weighted by atomic mass is 16.5. The van der Waals surface area contributed by atoms with Gasteiger partial charge in [-0.2, -0.15) is 0 Å². The number of rotatable bonds is 6. The molecule has 0 bridgehead atoms. The van der Waals surface area contributed by atoms with Gasteiger partial charge in [0.25, 0.3) is 0 Å². The number of aromatic hydroxyl groups is 1. The largest absolute Gasteiger partial charge is 0.507 e. The molecule has 2 N–H and O–H groups in total. The van der Waals surface area contributed by atoms with Crippen LogP contribution in [0, 0.1) is 5.92 Å². The van der Waals surface area contributed by atoms with E-state index >= 15 is 0 Å². The molecule has 2 unspecified atom stereocenters. The van der Waals surface area contributed by atoms with Crippen LogP contribution in [-0.2, 0) is 20.9 Å². The van der Waals surface area contributed by atoms with Gasteiger partial charge in [-0.05, 0) is 54.7 Å². The van der Waals surface area contributed by atoms with Gasteiger partial charge in [0.1, 0.15) is 29.7 Å². The number of phenols is 1. The monoisotopic (exact) mass is 412 g/mol. The highest BCUT2D eigenvalue weighted by molar-refractivity contribution is 6.13. The first-order valence-corrected chi connectivity index (χ1v) is 10.1. The number of fused-ring (bicyclic) bond motifs is 2. The van der Waals surface area contributed by atoms with Crippen molar-refractivity contribution in [1.29, 1.82) is 0 Å². The summed E-state index contributed by atoms with van der Waals surface area (Å²) in [6.45, 7) is 7.62. The lowest BCUT2D eigenvalue weighted by Gasteiger charge is -2.33. The van der Waals surface area contributed by atoms with Crippen molar-refractivity contribution in [2.45, 2.75) is 52.7 Å². The zero-order valence-electron chi connectivity index (χ0n) is 18.0. The Morgan fingerprint density at radius 2 is 2.03 bits per heavy atom. The molecule has 6 heteroatoms. The maximum absolute atomic E-state index is 13.1. The zero-order valence-corrected chi connectivity index (χ0v) is 18.0. The van der Waals surface area contributed by atoms with Gasteiger partial charge in [-0.3, -0.25) is 9.59 Å². The predicted molar refractivity (Wildman–Crippen MR) is 114 cm³/mol. The molecule has 0 amide bonds. The summed E-state index contributed by atoms with van der Waals surface area (Å²) >= 11 is 0. The third-order valence-electron chi connectivity index (χ3n) is 5.72. The Balaban J connectivity index is 2.13. The van der Waals surface area contributed by atoms with Crippen LogP contribution in [0.15, 0.2) is 29.2 Å². The number of allylic oxidation sites excluding steroid dienone is 2. The molecular weight excluding hydrogens is 384 g/mol. The number of carbonyl (C=O) groups excluding carboxylic acids is 2. The van der Waals surface area contributed by atoms with Gasteiger partial charge in [-0.1, -0.05) is 26.3 Å². The van der Waals surface area contributed by atoms with E-state index in [-0.39, 0.29) is 29.5 Å². The Hall–Kier alpha value is -2.86. The number of hydrogen-bond acceptors (Lipinski definition) is 6. The van der Waals surface area contributed by atoms with Gasteiger partial charge in [0.15, 0.2) is 5.60 Å². The second kappa shape index (κ2) is 8.11. The fraction of sp³-hybridized carbons (Fsp3) is 0.417. The topological polar surface area (TPSA) is 93.1 Å². The minimum Gasteiger partial charge on any atom is -0.507 e. The number of ether oxygens (including phenoxy) is 2. The van der Waals surface area contributed by atoms with E-state index in [1.54, 1.807) is 6.07 Å². The molecule has 0 spiro atoms. The average molecular weight is 412 g/mol. The molecule has 0 aromatic heterocycles. The summed E-state index contributed by atoms with van der Waals surface area (Å²) in [7, 11) is 1.34. The van der Waals surface area contributed by atoms with Crippen LogP contribution in [0.3, 0.4) is 0 Å². The van der Waals surface area contributed by atoms with Gasteiger partial charge >= 0.3 is 0 Å². The van der Waals surface area contributed by atoms with Crippen molar-refractivity contribution < 1.29 is 29.3 Å². The first-order valence-electron chi connectivity index (χ1n) is 10.1. The number of Topliss-reactive ketones (excluding diaryl/α,β-unsaturated/α-hetero) is 2. The molecule has 0 saturated heterocycles. The van der Waals surface area contributed by atoms with Crippen molar-refractivity contribution >= 4 is 23.7 Å². The van der Waals surface area contributed by atoms with Crippen molar-refractivity contribution in [1.82, 2.24) is 0 Å². The lowest BCUT2D eigenvalue weighted by molar-refractivity contribution is -0.120. The standard InChI is InChI=1S/C24H28O6/c1-6-13(2)7-14(3)19-9-16-8-17-10-20(29-5)24(28,11-15(4)25)23(27)21(17)22(26)18(16)12-30-19/h7-10,13,26,28H,6,11-12H2,1-5H3/b14-7+. The summed E-state index contributed by atoms with van der Waals surface area (Å²) in [4.78, 5) is 24.8. The van der Waals surface area contributed by atoms with Gasteiger partial charge < -0.3 is 19.7 Å². The van der Waals surface area contributed by atoms with Crippen LogP contribution in [0.4, 0.5) is 0 Å². The number of hydrogen-bond donors (Lipinski definition) is 2. The Bertz CT molecular complexity index is 997. The van der Waals surface area contributed by atoms with E-state index < -0.39 is 17.8 Å². The van der Waals surface area contributed by atoms with Gasteiger partial charge in [0.05, 0.1) is 12.7 Å². The Morgan fingerprint density at radius 3 is 2.63 bits per heavy atom. The lowest BCUT2D eigenvalue weighted by atomic mass is 9.78. The average Bonchev–Trinajstić information content (AvgIpc) is 2.69. The quantitative estimate of drug-likeness (QED) is 0.729. The van der Waals surface area contributed by atoms with Gasteiger partial charge in [-0.25, -0.2) is 0 Å². The minimum atomic E-state index is -2.13. The number of ketones is 2. The number of carbonyl (C=O) groups is 2. The molecule has 0 radical (unpaired) electrons. The first kappa shape index (κ1) is 21.8. The van der Waals surface area contributed by atoms with Crippen LogP contribution >= 0.6 is 0 Å². The SMILES string of the molecule is CCC(C)/C=C(\C)C1=Cc2cc3c(c(O)c2CO1)C(=O)C(O)(CC(C)=O)C(OC)=C3. The van der Waals surface area contributed by atoms with E-state index in [9.17, 15) is 19.8 Å². The third kappa shape index (κ3) is 3.67. The fourth-order valence-electron chi connectivity index (χ4n) is 3.91. The van der Waals surface area contributed by atoms with Gasteiger partial charge in [0, 0.05) is 12.0 Å². The molecule has 0 fully saturated rings. The highest BCUT2D eigenvalue weighted by Gasteiger charge is 2.48. The first-order chi connectivity index (χ1) is 14.1. The van der Waals surface area contributed by atoms with Crippen molar-refractivity contribution in [3.8, 4) is 5.75 Å². The van der Waals surface area contributed by atoms with Crippen LogP contribution in [0.5, 0.6) is 5.75 Å². The number of phenolic OH excluding ortho intramolecular Hbond substituents is 1. The molecule has 30 heavy (non-hydrogen) atoms. The Morgan fingerprint density at radius 1 is 1.33 bits per heavy atom. The molecule has 160 valence electrons. The lowest BCUT2D eigenvalue weighted by Crippen LogP contribution is -2.45. The predicted octanol–water partition coefficient (Wildman–Crippen LogP) is 4.15. The molecule has 1 heterocycles. The van der Waals surface area contributed by atoms with Crippen molar-refractivity contribution in [3.05, 3.63) is 51.5 Å². The number of aliphatic hydroxyl groups is 1. The molecule has 1 aromatic carbocycles. The summed E-state index contributed by atoms with van der Waals surface area (Å²) in [5.74, 6) is -0.243. The van der Waals surface area contributed by atoms with Crippen LogP contribution in [-0.4, -0.2) is 34.5 Å². The van der Waals surface area contributed by atoms with Gasteiger partial charge in [-0.15, -0.1) is 0 Å². The minimum absolute atomic E-state index is 0.0151. The molecule has 6 nitrogen and oxygen atoms in total. The zero-order chi connectivity index (χ0) is 22.2. The fourth-order valence-corrected chi connectivity index (χ4v) is 3.91. The molecule has 1 aliphatic heterocycles. The van der Waals surface area contributed by atoms with Crippen LogP contribution in [0.25, 0.3) is 12.2 Å². The maximum atomic E-state index is 13.1. The normalized spacial score (nSPS) is 21.7. The highest BCUT2D eigenvalue weighted by Crippen LogP contribution is 2.43. The van der Waals surface area contributed by atoms with E-state index in [2.05, 4.69) is 19.9 Å². The van der Waals surface area contributed by atoms with E-state index in [4.69, 9.17) is 9.47 Å². The molecule has 0 saturated carbocycles. The summed E-state index contributed by atoms with van der Waals surface area (Å²) < 4.78 is 11.1. The van der Waals surface area contributed by atoms with Crippen molar-refractivity contribution in [3.63, 3.8) is 0 Å². The van der Waals surface area contributed by atoms with E-state index in [0.29, 0.717) is 22.8 Å². The van der Waals surface area contributed by atoms with Crippen LogP contribution in [0.1, 0.15) is 67.6 Å². The smallest absolute Gasteiger partial charge is 0.206 e. The van der Waals surface area contributed by atoms with Gasteiger partial charge in [0.2, 0.25) is 5.78 Å². The van der Waals surface area contributed by atoms with Crippen LogP contribution in [0.2, 0.25) is 0 Å². The molecule has 1 aliphatic carbocycles. The van der Waals surface area contributed by atoms with E-state index in [0.717, 1.165) is 17.6 Å². The summed E-state index contributed by atoms with van der Waals surface area (Å²) in [6.07, 6.45) is 6.08. The van der Waals surface area contributed by atoms with E-state index in [1.165, 1.54) is 20.1 Å². The van der Waals surface area contributed by atoms with Crippen molar-refractivity contribution in [2.24, 2.45) is 5.92 Å². The molecule has 2 atom stereocenters. The second-order valence-corrected chi connectivity index (χ2v) is 8.07. The Labute approximate surface area is 176 Å². The summed E-state index contributed by atoms with van der Waals surface area (Å²) in [5.41, 5.74) is 0.494. The molecule has 3 rings (SSSR count). The number of benzene rings is 1.